The molecule has 7 heteroatoms. The number of benzene rings is 2. The van der Waals surface area contributed by atoms with Crippen molar-refractivity contribution in [2.24, 2.45) is 5.92 Å². The molecule has 2 aromatic carbocycles. The fourth-order valence-corrected chi connectivity index (χ4v) is 4.07. The molecule has 35 heavy (non-hydrogen) atoms. The average molecular weight is 473 g/mol. The number of para-hydroxylation sites is 1. The quantitative estimate of drug-likeness (QED) is 0.289. The van der Waals surface area contributed by atoms with E-state index >= 15 is 0 Å². The lowest BCUT2D eigenvalue weighted by molar-refractivity contribution is -0.140. The van der Waals surface area contributed by atoms with E-state index in [0.29, 0.717) is 35.2 Å². The van der Waals surface area contributed by atoms with Crippen LogP contribution in [0.3, 0.4) is 0 Å². The predicted octanol–water partition coefficient (Wildman–Crippen LogP) is 4.75. The third kappa shape index (κ3) is 5.04. The molecule has 0 spiro atoms. The second-order valence-corrected chi connectivity index (χ2v) is 8.76. The fraction of sp³-hybridized carbons (Fsp3) is 0.250. The third-order valence-electron chi connectivity index (χ3n) is 5.76. The van der Waals surface area contributed by atoms with Gasteiger partial charge in [-0.05, 0) is 47.9 Å². The zero-order valence-electron chi connectivity index (χ0n) is 20.0. The van der Waals surface area contributed by atoms with Crippen molar-refractivity contribution in [3.05, 3.63) is 95.3 Å². The summed E-state index contributed by atoms with van der Waals surface area (Å²) in [5.74, 6) is -0.138. The van der Waals surface area contributed by atoms with E-state index < -0.39 is 17.7 Å². The summed E-state index contributed by atoms with van der Waals surface area (Å²) in [5, 5.41) is 11.3. The minimum absolute atomic E-state index is 0.0132. The lowest BCUT2D eigenvalue weighted by Gasteiger charge is -2.26. The Balaban J connectivity index is 1.79. The standard InChI is InChI=1S/C28H28N2O5/c1-18(2)17-35-21-12-10-20(11-13-21)26(31)24-25(22-8-4-5-9-23(22)34-3)30(28(33)27(24)32)16-19-7-6-14-29-15-19/h4-15,18,25,31H,16-17H2,1-3H3/t25-/m1/s1. The number of nitrogens with zero attached hydrogens (tertiary/aromatic N) is 2. The number of hydrogen-bond acceptors (Lipinski definition) is 6. The highest BCUT2D eigenvalue weighted by Crippen LogP contribution is 2.43. The van der Waals surface area contributed by atoms with Gasteiger partial charge < -0.3 is 19.5 Å². The molecule has 1 saturated heterocycles. The summed E-state index contributed by atoms with van der Waals surface area (Å²) < 4.78 is 11.3. The summed E-state index contributed by atoms with van der Waals surface area (Å²) in [4.78, 5) is 32.0. The summed E-state index contributed by atoms with van der Waals surface area (Å²) in [5.41, 5.74) is 1.80. The number of aliphatic hydroxyl groups excluding tert-OH is 1. The van der Waals surface area contributed by atoms with Crippen LogP contribution in [-0.2, 0) is 16.1 Å². The van der Waals surface area contributed by atoms with Gasteiger partial charge in [0.2, 0.25) is 0 Å². The van der Waals surface area contributed by atoms with Crippen LogP contribution in [0.5, 0.6) is 11.5 Å². The van der Waals surface area contributed by atoms with Crippen LogP contribution in [0.1, 0.15) is 36.6 Å². The Morgan fingerprint density at radius 3 is 2.46 bits per heavy atom. The number of amides is 1. The molecule has 4 rings (SSSR count). The molecular formula is C28H28N2O5. The van der Waals surface area contributed by atoms with Gasteiger partial charge in [0.15, 0.2) is 0 Å². The van der Waals surface area contributed by atoms with Gasteiger partial charge in [-0.15, -0.1) is 0 Å². The van der Waals surface area contributed by atoms with Crippen molar-refractivity contribution in [3.8, 4) is 11.5 Å². The van der Waals surface area contributed by atoms with Crippen LogP contribution in [0.25, 0.3) is 5.76 Å². The molecule has 1 aromatic heterocycles. The number of likely N-dealkylation sites (tertiary alicyclic amines) is 1. The molecule has 2 heterocycles. The maximum atomic E-state index is 13.3. The van der Waals surface area contributed by atoms with Gasteiger partial charge in [-0.3, -0.25) is 14.6 Å². The van der Waals surface area contributed by atoms with Gasteiger partial charge in [0.05, 0.1) is 25.3 Å². The van der Waals surface area contributed by atoms with Crippen LogP contribution < -0.4 is 9.47 Å². The number of hydrogen-bond donors (Lipinski definition) is 1. The van der Waals surface area contributed by atoms with E-state index in [1.165, 1.54) is 12.0 Å². The Kier molecular flexibility index (Phi) is 7.15. The number of aromatic nitrogens is 1. The van der Waals surface area contributed by atoms with Crippen LogP contribution in [0.2, 0.25) is 0 Å². The van der Waals surface area contributed by atoms with Crippen molar-refractivity contribution in [2.75, 3.05) is 13.7 Å². The molecule has 1 N–H and O–H groups in total. The number of methoxy groups -OCH3 is 1. The number of rotatable bonds is 8. The smallest absolute Gasteiger partial charge is 0.295 e. The van der Waals surface area contributed by atoms with E-state index in [1.807, 2.05) is 18.2 Å². The largest absolute Gasteiger partial charge is 0.507 e. The number of ether oxygens (including phenoxy) is 2. The molecule has 0 unspecified atom stereocenters. The molecule has 180 valence electrons. The van der Waals surface area contributed by atoms with Crippen molar-refractivity contribution in [3.63, 3.8) is 0 Å². The Morgan fingerprint density at radius 1 is 1.06 bits per heavy atom. The first-order chi connectivity index (χ1) is 16.9. The number of ketones is 1. The first kappa shape index (κ1) is 24.0. The van der Waals surface area contributed by atoms with Gasteiger partial charge in [0.25, 0.3) is 11.7 Å². The SMILES string of the molecule is COc1ccccc1[C@@H]1C(=C(O)c2ccc(OCC(C)C)cc2)C(=O)C(=O)N1Cc1cccnc1. The van der Waals surface area contributed by atoms with Crippen molar-refractivity contribution >= 4 is 17.4 Å². The van der Waals surface area contributed by atoms with Gasteiger partial charge >= 0.3 is 0 Å². The van der Waals surface area contributed by atoms with Crippen LogP contribution in [0.4, 0.5) is 0 Å². The van der Waals surface area contributed by atoms with Crippen LogP contribution >= 0.6 is 0 Å². The van der Waals surface area contributed by atoms with Gasteiger partial charge in [-0.1, -0.05) is 38.1 Å². The zero-order chi connectivity index (χ0) is 24.9. The number of carbonyl (C=O) groups is 2. The van der Waals surface area contributed by atoms with Crippen molar-refractivity contribution in [1.29, 1.82) is 0 Å². The van der Waals surface area contributed by atoms with Crippen LogP contribution in [0.15, 0.2) is 78.6 Å². The van der Waals surface area contributed by atoms with Crippen LogP contribution in [0, 0.1) is 5.92 Å². The third-order valence-corrected chi connectivity index (χ3v) is 5.76. The van der Waals surface area contributed by atoms with Gasteiger partial charge in [0.1, 0.15) is 17.3 Å². The highest BCUT2D eigenvalue weighted by molar-refractivity contribution is 6.46. The van der Waals surface area contributed by atoms with E-state index in [4.69, 9.17) is 9.47 Å². The van der Waals surface area contributed by atoms with Gasteiger partial charge in [-0.25, -0.2) is 0 Å². The topological polar surface area (TPSA) is 89.0 Å². The summed E-state index contributed by atoms with van der Waals surface area (Å²) in [7, 11) is 1.53. The first-order valence-corrected chi connectivity index (χ1v) is 11.4. The summed E-state index contributed by atoms with van der Waals surface area (Å²) in [6.45, 7) is 4.84. The first-order valence-electron chi connectivity index (χ1n) is 11.4. The maximum absolute atomic E-state index is 13.3. The molecule has 0 saturated carbocycles. The molecular weight excluding hydrogens is 444 g/mol. The summed E-state index contributed by atoms with van der Waals surface area (Å²) in [6, 6.07) is 16.8. The minimum atomic E-state index is -0.830. The van der Waals surface area contributed by atoms with E-state index in [9.17, 15) is 14.7 Å². The molecule has 0 aliphatic carbocycles. The highest BCUT2D eigenvalue weighted by Gasteiger charge is 2.47. The Morgan fingerprint density at radius 2 is 1.80 bits per heavy atom. The highest BCUT2D eigenvalue weighted by atomic mass is 16.5. The van der Waals surface area contributed by atoms with Crippen molar-refractivity contribution < 1.29 is 24.2 Å². The van der Waals surface area contributed by atoms with Crippen LogP contribution in [-0.4, -0.2) is 40.4 Å². The van der Waals surface area contributed by atoms with Gasteiger partial charge in [-0.2, -0.15) is 0 Å². The number of aliphatic hydroxyl groups is 1. The molecule has 7 nitrogen and oxygen atoms in total. The number of pyridine rings is 1. The second-order valence-electron chi connectivity index (χ2n) is 8.76. The average Bonchev–Trinajstić information content (AvgIpc) is 3.12. The molecule has 1 aliphatic heterocycles. The molecule has 1 amide bonds. The minimum Gasteiger partial charge on any atom is -0.507 e. The lowest BCUT2D eigenvalue weighted by Crippen LogP contribution is -2.29. The molecule has 0 radical (unpaired) electrons. The normalized spacial score (nSPS) is 17.1. The number of Topliss-reactive ketones (excluding diaryl/α,β-unsaturated/α-hetero) is 1. The Labute approximate surface area is 204 Å². The van der Waals surface area contributed by atoms with Gasteiger partial charge in [0, 0.05) is 30.1 Å². The van der Waals surface area contributed by atoms with Crippen molar-refractivity contribution in [2.45, 2.75) is 26.4 Å². The van der Waals surface area contributed by atoms with E-state index in [1.54, 1.807) is 54.9 Å². The Bertz CT molecular complexity index is 1240. The lowest BCUT2D eigenvalue weighted by atomic mass is 9.94. The molecule has 0 bridgehead atoms. The molecule has 1 aliphatic rings. The molecule has 3 aromatic rings. The van der Waals surface area contributed by atoms with E-state index in [0.717, 1.165) is 5.56 Å². The summed E-state index contributed by atoms with van der Waals surface area (Å²) in [6.07, 6.45) is 3.29. The maximum Gasteiger partial charge on any atom is 0.295 e. The van der Waals surface area contributed by atoms with Crippen molar-refractivity contribution in [1.82, 2.24) is 9.88 Å². The molecule has 1 fully saturated rings. The second kappa shape index (κ2) is 10.4. The zero-order valence-corrected chi connectivity index (χ0v) is 20.0. The van der Waals surface area contributed by atoms with E-state index in [2.05, 4.69) is 18.8 Å². The Hall–Kier alpha value is -4.13. The monoisotopic (exact) mass is 472 g/mol. The predicted molar refractivity (Wildman–Crippen MR) is 132 cm³/mol. The number of carbonyl (C=O) groups excluding carboxylic acids is 2. The molecule has 1 atom stereocenters. The summed E-state index contributed by atoms with van der Waals surface area (Å²) >= 11 is 0. The fourth-order valence-electron chi connectivity index (χ4n) is 4.07. The van der Waals surface area contributed by atoms with E-state index in [-0.39, 0.29) is 17.9 Å².